The van der Waals surface area contributed by atoms with Crippen molar-refractivity contribution < 1.29 is 0 Å². The van der Waals surface area contributed by atoms with E-state index in [0.717, 1.165) is 0 Å². The van der Waals surface area contributed by atoms with Gasteiger partial charge in [0.1, 0.15) is 23.8 Å². The molecule has 0 aliphatic heterocycles. The summed E-state index contributed by atoms with van der Waals surface area (Å²) in [7, 11) is 0. The van der Waals surface area contributed by atoms with E-state index < -0.39 is 0 Å². The highest BCUT2D eigenvalue weighted by atomic mass is 15.4. The number of nitriles is 1. The molecule has 2 rings (SSSR count). The van der Waals surface area contributed by atoms with Crippen LogP contribution in [0.25, 0.3) is 5.82 Å². The van der Waals surface area contributed by atoms with E-state index in [1.54, 1.807) is 12.3 Å². The Labute approximate surface area is 97.9 Å². The summed E-state index contributed by atoms with van der Waals surface area (Å²) in [6.07, 6.45) is 2.98. The monoisotopic (exact) mass is 229 g/mol. The van der Waals surface area contributed by atoms with Gasteiger partial charge >= 0.3 is 0 Å². The Kier molecular flexibility index (Phi) is 2.87. The zero-order valence-electron chi connectivity index (χ0n) is 9.25. The minimum Gasteiger partial charge on any atom is -0.382 e. The summed E-state index contributed by atoms with van der Waals surface area (Å²) in [6.45, 7) is 2.58. The first-order valence-corrected chi connectivity index (χ1v) is 5.06. The molecule has 3 N–H and O–H groups in total. The Hall–Kier alpha value is -2.62. The smallest absolute Gasteiger partial charge is 0.168 e. The van der Waals surface area contributed by atoms with E-state index in [2.05, 4.69) is 20.4 Å². The number of rotatable bonds is 3. The van der Waals surface area contributed by atoms with Gasteiger partial charge in [-0.3, -0.25) is 0 Å². The van der Waals surface area contributed by atoms with Crippen LogP contribution in [0.1, 0.15) is 12.5 Å². The highest BCUT2D eigenvalue weighted by molar-refractivity contribution is 5.65. The molecule has 7 nitrogen and oxygen atoms in total. The molecule has 17 heavy (non-hydrogen) atoms. The van der Waals surface area contributed by atoms with Gasteiger partial charge in [0.05, 0.1) is 0 Å². The van der Waals surface area contributed by atoms with Crippen molar-refractivity contribution >= 4 is 11.6 Å². The second kappa shape index (κ2) is 4.49. The quantitative estimate of drug-likeness (QED) is 0.796. The minimum absolute atomic E-state index is 0.266. The maximum absolute atomic E-state index is 9.03. The number of aromatic nitrogens is 4. The lowest BCUT2D eigenvalue weighted by molar-refractivity contribution is 0.849. The largest absolute Gasteiger partial charge is 0.382 e. The molecule has 2 heterocycles. The van der Waals surface area contributed by atoms with E-state index in [-0.39, 0.29) is 5.82 Å². The van der Waals surface area contributed by atoms with Crippen LogP contribution in [0.5, 0.6) is 0 Å². The third-order valence-corrected chi connectivity index (χ3v) is 2.16. The van der Waals surface area contributed by atoms with Crippen LogP contribution in [0.15, 0.2) is 18.6 Å². The zero-order chi connectivity index (χ0) is 12.3. The molecule has 2 aromatic heterocycles. The summed E-state index contributed by atoms with van der Waals surface area (Å²) in [5.74, 6) is 1.26. The second-order valence-electron chi connectivity index (χ2n) is 3.23. The van der Waals surface area contributed by atoms with E-state index in [1.807, 2.05) is 13.0 Å². The Morgan fingerprint density at radius 3 is 3.00 bits per heavy atom. The predicted molar refractivity (Wildman–Crippen MR) is 62.4 cm³/mol. The normalized spacial score (nSPS) is 9.88. The van der Waals surface area contributed by atoms with Gasteiger partial charge in [0.2, 0.25) is 0 Å². The van der Waals surface area contributed by atoms with E-state index in [1.165, 1.54) is 11.0 Å². The molecule has 0 unspecified atom stereocenters. The molecule has 7 heteroatoms. The van der Waals surface area contributed by atoms with Crippen LogP contribution >= 0.6 is 0 Å². The first kappa shape index (κ1) is 10.9. The van der Waals surface area contributed by atoms with Crippen molar-refractivity contribution in [3.63, 3.8) is 0 Å². The van der Waals surface area contributed by atoms with Crippen LogP contribution in [0, 0.1) is 11.3 Å². The first-order valence-electron chi connectivity index (χ1n) is 5.06. The molecule has 0 fully saturated rings. The fourth-order valence-electron chi connectivity index (χ4n) is 1.42. The first-order chi connectivity index (χ1) is 8.27. The van der Waals surface area contributed by atoms with Crippen LogP contribution < -0.4 is 11.1 Å². The van der Waals surface area contributed by atoms with Crippen molar-refractivity contribution in [1.29, 1.82) is 5.26 Å². The van der Waals surface area contributed by atoms with Gasteiger partial charge in [0.25, 0.3) is 0 Å². The molecular formula is C10H11N7. The maximum atomic E-state index is 9.03. The summed E-state index contributed by atoms with van der Waals surface area (Å²) in [5.41, 5.74) is 6.18. The number of nitrogen functional groups attached to an aromatic ring is 1. The highest BCUT2D eigenvalue weighted by Gasteiger charge is 2.16. The van der Waals surface area contributed by atoms with Gasteiger partial charge in [-0.2, -0.15) is 9.94 Å². The number of hydrogen-bond donors (Lipinski definition) is 2. The zero-order valence-corrected chi connectivity index (χ0v) is 9.25. The van der Waals surface area contributed by atoms with Crippen molar-refractivity contribution in [2.24, 2.45) is 0 Å². The van der Waals surface area contributed by atoms with Gasteiger partial charge < -0.3 is 11.1 Å². The summed E-state index contributed by atoms with van der Waals surface area (Å²) in [5, 5.41) is 16.2. The SMILES string of the molecule is CCNc1nn(-c2ccncn2)c(N)c1C#N. The van der Waals surface area contributed by atoms with E-state index in [0.29, 0.717) is 23.7 Å². The van der Waals surface area contributed by atoms with Crippen LogP contribution in [-0.2, 0) is 0 Å². The van der Waals surface area contributed by atoms with Crippen LogP contribution in [0.3, 0.4) is 0 Å². The Morgan fingerprint density at radius 2 is 2.41 bits per heavy atom. The lowest BCUT2D eigenvalue weighted by Crippen LogP contribution is -2.04. The number of hydrogen-bond acceptors (Lipinski definition) is 6. The molecule has 0 aliphatic carbocycles. The number of anilines is 2. The second-order valence-corrected chi connectivity index (χ2v) is 3.23. The summed E-state index contributed by atoms with van der Waals surface area (Å²) < 4.78 is 1.41. The molecule has 0 spiro atoms. The number of nitrogens with two attached hydrogens (primary N) is 1. The molecule has 2 aromatic rings. The fourth-order valence-corrected chi connectivity index (χ4v) is 1.42. The minimum atomic E-state index is 0.266. The molecule has 0 amide bonds. The average molecular weight is 229 g/mol. The maximum Gasteiger partial charge on any atom is 0.168 e. The van der Waals surface area contributed by atoms with E-state index in [9.17, 15) is 0 Å². The van der Waals surface area contributed by atoms with Crippen LogP contribution in [0.4, 0.5) is 11.6 Å². The van der Waals surface area contributed by atoms with Gasteiger partial charge in [0.15, 0.2) is 11.6 Å². The Bertz CT molecular complexity index is 552. The van der Waals surface area contributed by atoms with Crippen molar-refractivity contribution in [2.75, 3.05) is 17.6 Å². The molecular weight excluding hydrogens is 218 g/mol. The molecule has 0 atom stereocenters. The molecule has 0 bridgehead atoms. The topological polar surface area (TPSA) is 105 Å². The van der Waals surface area contributed by atoms with E-state index >= 15 is 0 Å². The van der Waals surface area contributed by atoms with Gasteiger partial charge in [0, 0.05) is 18.8 Å². The van der Waals surface area contributed by atoms with Crippen LogP contribution in [0.2, 0.25) is 0 Å². The van der Waals surface area contributed by atoms with Crippen molar-refractivity contribution in [3.05, 3.63) is 24.2 Å². The lowest BCUT2D eigenvalue weighted by Gasteiger charge is -2.00. The molecule has 0 saturated heterocycles. The molecule has 0 aromatic carbocycles. The molecule has 0 aliphatic rings. The summed E-state index contributed by atoms with van der Waals surface area (Å²) in [6, 6.07) is 3.69. The summed E-state index contributed by atoms with van der Waals surface area (Å²) >= 11 is 0. The predicted octanol–water partition coefficient (Wildman–Crippen LogP) is 0.548. The van der Waals surface area contributed by atoms with Gasteiger partial charge in [-0.15, -0.1) is 5.10 Å². The lowest BCUT2D eigenvalue weighted by atomic mass is 10.3. The number of nitrogens with zero attached hydrogens (tertiary/aromatic N) is 5. The van der Waals surface area contributed by atoms with Gasteiger partial charge in [-0.25, -0.2) is 9.97 Å². The van der Waals surface area contributed by atoms with Gasteiger partial charge in [-0.05, 0) is 6.92 Å². The number of nitrogens with one attached hydrogen (secondary N) is 1. The van der Waals surface area contributed by atoms with Crippen molar-refractivity contribution in [3.8, 4) is 11.9 Å². The molecule has 86 valence electrons. The van der Waals surface area contributed by atoms with E-state index in [4.69, 9.17) is 11.0 Å². The standard InChI is InChI=1S/C10H11N7/c1-2-14-10-7(5-11)9(12)17(16-10)8-3-4-13-6-15-8/h3-4,6H,2,12H2,1H3,(H,14,16). The van der Waals surface area contributed by atoms with Crippen LogP contribution in [-0.4, -0.2) is 26.3 Å². The van der Waals surface area contributed by atoms with Gasteiger partial charge in [-0.1, -0.05) is 0 Å². The Balaban J connectivity index is 2.54. The summed E-state index contributed by atoms with van der Waals surface area (Å²) in [4.78, 5) is 7.84. The Morgan fingerprint density at radius 1 is 1.59 bits per heavy atom. The molecule has 0 radical (unpaired) electrons. The van der Waals surface area contributed by atoms with Crippen molar-refractivity contribution in [2.45, 2.75) is 6.92 Å². The third kappa shape index (κ3) is 1.88. The third-order valence-electron chi connectivity index (χ3n) is 2.16. The van der Waals surface area contributed by atoms with Crippen molar-refractivity contribution in [1.82, 2.24) is 19.7 Å². The fraction of sp³-hybridized carbons (Fsp3) is 0.200. The molecule has 0 saturated carbocycles. The average Bonchev–Trinajstić information content (AvgIpc) is 2.67. The highest BCUT2D eigenvalue weighted by Crippen LogP contribution is 2.22.